The number of para-hydroxylation sites is 1. The first-order valence-electron chi connectivity index (χ1n) is 8.81. The Morgan fingerprint density at radius 2 is 1.79 bits per heavy atom. The average molecular weight is 379 g/mol. The molecule has 0 saturated carbocycles. The molecule has 0 aliphatic heterocycles. The van der Waals surface area contributed by atoms with Crippen molar-refractivity contribution in [1.29, 1.82) is 0 Å². The summed E-state index contributed by atoms with van der Waals surface area (Å²) in [4.78, 5) is 39.5. The molecule has 0 unspecified atom stereocenters. The number of nitrogens with one attached hydrogen (secondary N) is 1. The van der Waals surface area contributed by atoms with E-state index in [4.69, 9.17) is 4.74 Å². The number of aromatic nitrogens is 3. The summed E-state index contributed by atoms with van der Waals surface area (Å²) in [6, 6.07) is 9.40. The summed E-state index contributed by atoms with van der Waals surface area (Å²) in [7, 11) is 0. The maximum atomic E-state index is 12.5. The third-order valence-corrected chi connectivity index (χ3v) is 4.63. The number of rotatable bonds is 6. The molecule has 144 valence electrons. The monoisotopic (exact) mass is 379 g/mol. The standard InChI is InChI=1S/C21H21N3O4/c1-12-19(15(4)25)13(2)23-20(12)18(26)11-28-21(27)17-10-22-24(14(17)3)16-8-6-5-7-9-16/h5-10,23H,11H2,1-4H3. The van der Waals surface area contributed by atoms with Gasteiger partial charge in [0.1, 0.15) is 5.56 Å². The number of nitrogens with zero attached hydrogens (tertiary/aromatic N) is 2. The average Bonchev–Trinajstić information content (AvgIpc) is 3.19. The van der Waals surface area contributed by atoms with Crippen LogP contribution in [0.1, 0.15) is 55.1 Å². The van der Waals surface area contributed by atoms with Gasteiger partial charge in [-0.15, -0.1) is 0 Å². The third kappa shape index (κ3) is 3.51. The van der Waals surface area contributed by atoms with Crippen LogP contribution in [0.15, 0.2) is 36.5 Å². The van der Waals surface area contributed by atoms with Crippen LogP contribution < -0.4 is 0 Å². The van der Waals surface area contributed by atoms with Gasteiger partial charge in [0.05, 0.1) is 23.3 Å². The lowest BCUT2D eigenvalue weighted by Crippen LogP contribution is -2.16. The lowest BCUT2D eigenvalue weighted by Gasteiger charge is -2.06. The van der Waals surface area contributed by atoms with Crippen LogP contribution in [0.2, 0.25) is 0 Å². The van der Waals surface area contributed by atoms with E-state index in [1.54, 1.807) is 25.5 Å². The molecule has 0 aliphatic rings. The molecule has 0 atom stereocenters. The van der Waals surface area contributed by atoms with Gasteiger partial charge in [0.25, 0.3) is 0 Å². The number of H-pyrrole nitrogens is 1. The number of aromatic amines is 1. The molecule has 28 heavy (non-hydrogen) atoms. The van der Waals surface area contributed by atoms with E-state index in [0.29, 0.717) is 28.1 Å². The second-order valence-corrected chi connectivity index (χ2v) is 6.57. The highest BCUT2D eigenvalue weighted by atomic mass is 16.5. The minimum absolute atomic E-state index is 0.119. The van der Waals surface area contributed by atoms with Crippen LogP contribution in [0.3, 0.4) is 0 Å². The van der Waals surface area contributed by atoms with E-state index in [1.165, 1.54) is 13.1 Å². The van der Waals surface area contributed by atoms with Crippen molar-refractivity contribution in [2.75, 3.05) is 6.61 Å². The van der Waals surface area contributed by atoms with E-state index >= 15 is 0 Å². The maximum absolute atomic E-state index is 12.5. The van der Waals surface area contributed by atoms with Gasteiger partial charge in [0.2, 0.25) is 5.78 Å². The zero-order valence-electron chi connectivity index (χ0n) is 16.2. The molecular formula is C21H21N3O4. The minimum atomic E-state index is -0.624. The zero-order valence-corrected chi connectivity index (χ0v) is 16.2. The lowest BCUT2D eigenvalue weighted by atomic mass is 10.1. The van der Waals surface area contributed by atoms with Gasteiger partial charge in [-0.1, -0.05) is 18.2 Å². The second-order valence-electron chi connectivity index (χ2n) is 6.57. The zero-order chi connectivity index (χ0) is 20.4. The summed E-state index contributed by atoms with van der Waals surface area (Å²) >= 11 is 0. The van der Waals surface area contributed by atoms with Gasteiger partial charge in [-0.2, -0.15) is 5.10 Å². The van der Waals surface area contributed by atoms with Crippen LogP contribution in [0.4, 0.5) is 0 Å². The predicted molar refractivity (Wildman–Crippen MR) is 103 cm³/mol. The van der Waals surface area contributed by atoms with Crippen molar-refractivity contribution in [3.05, 3.63) is 70.3 Å². The van der Waals surface area contributed by atoms with E-state index in [9.17, 15) is 14.4 Å². The Bertz CT molecular complexity index is 1060. The fourth-order valence-corrected chi connectivity index (χ4v) is 3.28. The number of hydrogen-bond donors (Lipinski definition) is 1. The fraction of sp³-hybridized carbons (Fsp3) is 0.238. The molecule has 3 aromatic rings. The van der Waals surface area contributed by atoms with Crippen LogP contribution >= 0.6 is 0 Å². The topological polar surface area (TPSA) is 94.0 Å². The molecule has 0 spiro atoms. The number of aryl methyl sites for hydroxylation is 1. The smallest absolute Gasteiger partial charge is 0.342 e. The van der Waals surface area contributed by atoms with Crippen molar-refractivity contribution in [3.63, 3.8) is 0 Å². The molecule has 0 amide bonds. The third-order valence-electron chi connectivity index (χ3n) is 4.63. The predicted octanol–water partition coefficient (Wildman–Crippen LogP) is 3.37. The Kier molecular flexibility index (Phi) is 5.26. The molecule has 2 aromatic heterocycles. The summed E-state index contributed by atoms with van der Waals surface area (Å²) in [6.07, 6.45) is 1.42. The number of benzene rings is 1. The largest absolute Gasteiger partial charge is 0.454 e. The van der Waals surface area contributed by atoms with Gasteiger partial charge in [-0.05, 0) is 45.4 Å². The van der Waals surface area contributed by atoms with Crippen molar-refractivity contribution >= 4 is 17.5 Å². The number of carbonyl (C=O) groups excluding carboxylic acids is 3. The van der Waals surface area contributed by atoms with Gasteiger partial charge in [0.15, 0.2) is 12.4 Å². The van der Waals surface area contributed by atoms with Crippen molar-refractivity contribution in [1.82, 2.24) is 14.8 Å². The van der Waals surface area contributed by atoms with Crippen molar-refractivity contribution < 1.29 is 19.1 Å². The quantitative estimate of drug-likeness (QED) is 0.523. The second kappa shape index (κ2) is 7.64. The first-order chi connectivity index (χ1) is 13.3. The highest BCUT2D eigenvalue weighted by Gasteiger charge is 2.22. The van der Waals surface area contributed by atoms with E-state index in [1.807, 2.05) is 30.3 Å². The van der Waals surface area contributed by atoms with Crippen molar-refractivity contribution in [2.24, 2.45) is 0 Å². The van der Waals surface area contributed by atoms with Crippen LogP contribution in [-0.4, -0.2) is 38.9 Å². The molecule has 7 heteroatoms. The molecule has 0 fully saturated rings. The van der Waals surface area contributed by atoms with E-state index in [0.717, 1.165) is 5.69 Å². The maximum Gasteiger partial charge on any atom is 0.342 e. The number of hydrogen-bond acceptors (Lipinski definition) is 5. The number of ether oxygens (including phenoxy) is 1. The molecule has 1 N–H and O–H groups in total. The lowest BCUT2D eigenvalue weighted by molar-refractivity contribution is 0.0472. The highest BCUT2D eigenvalue weighted by molar-refractivity contribution is 6.04. The molecular weight excluding hydrogens is 358 g/mol. The first-order valence-corrected chi connectivity index (χ1v) is 8.81. The van der Waals surface area contributed by atoms with Crippen LogP contribution in [0, 0.1) is 20.8 Å². The van der Waals surface area contributed by atoms with Gasteiger partial charge in [-0.25, -0.2) is 9.48 Å². The van der Waals surface area contributed by atoms with Gasteiger partial charge < -0.3 is 9.72 Å². The van der Waals surface area contributed by atoms with Crippen molar-refractivity contribution in [3.8, 4) is 5.69 Å². The summed E-state index contributed by atoms with van der Waals surface area (Å²) in [5.74, 6) is -1.14. The SMILES string of the molecule is CC(=O)c1c(C)[nH]c(C(=O)COC(=O)c2cnn(-c3ccccc3)c2C)c1C. The van der Waals surface area contributed by atoms with Crippen LogP contribution in [0.5, 0.6) is 0 Å². The first kappa shape index (κ1) is 19.3. The Hall–Kier alpha value is -3.48. The highest BCUT2D eigenvalue weighted by Crippen LogP contribution is 2.19. The van der Waals surface area contributed by atoms with E-state index in [-0.39, 0.29) is 11.5 Å². The molecule has 2 heterocycles. The normalized spacial score (nSPS) is 10.7. The molecule has 0 radical (unpaired) electrons. The molecule has 7 nitrogen and oxygen atoms in total. The summed E-state index contributed by atoms with van der Waals surface area (Å²) < 4.78 is 6.83. The van der Waals surface area contributed by atoms with Crippen molar-refractivity contribution in [2.45, 2.75) is 27.7 Å². The molecule has 0 aliphatic carbocycles. The number of Topliss-reactive ketones (excluding diaryl/α,β-unsaturated/α-hetero) is 2. The van der Waals surface area contributed by atoms with Gasteiger partial charge in [-0.3, -0.25) is 9.59 Å². The summed E-state index contributed by atoms with van der Waals surface area (Å²) in [5.41, 5.74) is 3.71. The van der Waals surface area contributed by atoms with Crippen LogP contribution in [0.25, 0.3) is 5.69 Å². The minimum Gasteiger partial charge on any atom is -0.454 e. The molecule has 3 rings (SSSR count). The van der Waals surface area contributed by atoms with E-state index < -0.39 is 18.4 Å². The van der Waals surface area contributed by atoms with E-state index in [2.05, 4.69) is 10.1 Å². The summed E-state index contributed by atoms with van der Waals surface area (Å²) in [6.45, 7) is 6.21. The summed E-state index contributed by atoms with van der Waals surface area (Å²) in [5, 5.41) is 4.23. The Labute approximate surface area is 162 Å². The molecule has 1 aromatic carbocycles. The van der Waals surface area contributed by atoms with Gasteiger partial charge in [0, 0.05) is 11.3 Å². The fourth-order valence-electron chi connectivity index (χ4n) is 3.28. The van der Waals surface area contributed by atoms with Gasteiger partial charge >= 0.3 is 5.97 Å². The number of esters is 1. The number of carbonyl (C=O) groups is 3. The molecule has 0 bridgehead atoms. The Morgan fingerprint density at radius 1 is 1.11 bits per heavy atom. The Balaban J connectivity index is 1.73. The number of ketones is 2. The Morgan fingerprint density at radius 3 is 2.39 bits per heavy atom. The molecule has 0 saturated heterocycles. The van der Waals surface area contributed by atoms with Crippen LogP contribution in [-0.2, 0) is 4.74 Å².